The molecule has 0 radical (unpaired) electrons. The van der Waals surface area contributed by atoms with Gasteiger partial charge in [-0.3, -0.25) is 4.90 Å². The molecule has 124 valence electrons. The summed E-state index contributed by atoms with van der Waals surface area (Å²) < 4.78 is 46.0. The zero-order valence-corrected chi connectivity index (χ0v) is 13.4. The third-order valence-corrected chi connectivity index (χ3v) is 5.45. The average molecular weight is 338 g/mol. The molecule has 1 aliphatic heterocycles. The quantitative estimate of drug-likeness (QED) is 0.879. The number of hydrogen-bond donors (Lipinski definition) is 1. The van der Waals surface area contributed by atoms with E-state index in [9.17, 15) is 12.8 Å². The Morgan fingerprint density at radius 3 is 2.65 bits per heavy atom. The Morgan fingerprint density at radius 1 is 1.22 bits per heavy atom. The van der Waals surface area contributed by atoms with Crippen molar-refractivity contribution in [2.45, 2.75) is 23.8 Å². The normalized spacial score (nSPS) is 17.4. The number of likely N-dealkylation sites (tertiary alicyclic amines) is 1. The van der Waals surface area contributed by atoms with E-state index >= 15 is 0 Å². The summed E-state index contributed by atoms with van der Waals surface area (Å²) >= 11 is 0. The Kier molecular flexibility index (Phi) is 4.79. The second-order valence-electron chi connectivity index (χ2n) is 5.58. The van der Waals surface area contributed by atoms with Crippen molar-refractivity contribution in [3.63, 3.8) is 0 Å². The molecule has 5 nitrogen and oxygen atoms in total. The van der Waals surface area contributed by atoms with Gasteiger partial charge in [0.2, 0.25) is 10.0 Å². The van der Waals surface area contributed by atoms with Crippen molar-refractivity contribution < 1.29 is 17.2 Å². The molecule has 2 aromatic rings. The van der Waals surface area contributed by atoms with E-state index in [-0.39, 0.29) is 17.5 Å². The number of halogens is 1. The first-order chi connectivity index (χ1) is 11.1. The average Bonchev–Trinajstić information content (AvgIpc) is 3.21. The Morgan fingerprint density at radius 2 is 2.00 bits per heavy atom. The Balaban J connectivity index is 1.76. The summed E-state index contributed by atoms with van der Waals surface area (Å²) in [5.74, 6) is 0.156. The fourth-order valence-corrected chi connectivity index (χ4v) is 3.92. The van der Waals surface area contributed by atoms with Crippen LogP contribution in [0.15, 0.2) is 52.0 Å². The van der Waals surface area contributed by atoms with E-state index in [1.54, 1.807) is 12.3 Å². The zero-order chi connectivity index (χ0) is 16.3. The molecule has 0 saturated carbocycles. The second kappa shape index (κ2) is 6.82. The van der Waals surface area contributed by atoms with Crippen LogP contribution in [0.5, 0.6) is 0 Å². The molecule has 0 bridgehead atoms. The fraction of sp³-hybridized carbons (Fsp3) is 0.375. The van der Waals surface area contributed by atoms with Crippen LogP contribution in [-0.2, 0) is 10.0 Å². The molecule has 1 N–H and O–H groups in total. The first-order valence-electron chi connectivity index (χ1n) is 7.59. The van der Waals surface area contributed by atoms with Crippen molar-refractivity contribution in [2.75, 3.05) is 19.6 Å². The van der Waals surface area contributed by atoms with Crippen molar-refractivity contribution in [1.29, 1.82) is 0 Å². The van der Waals surface area contributed by atoms with Gasteiger partial charge in [-0.15, -0.1) is 0 Å². The molecule has 1 fully saturated rings. The van der Waals surface area contributed by atoms with Crippen LogP contribution in [-0.4, -0.2) is 33.0 Å². The van der Waals surface area contributed by atoms with Crippen molar-refractivity contribution in [3.05, 3.63) is 54.2 Å². The van der Waals surface area contributed by atoms with Crippen LogP contribution in [0.1, 0.15) is 24.6 Å². The zero-order valence-electron chi connectivity index (χ0n) is 12.6. The first kappa shape index (κ1) is 16.2. The predicted molar refractivity (Wildman–Crippen MR) is 83.8 cm³/mol. The molecule has 1 aromatic carbocycles. The lowest BCUT2D eigenvalue weighted by Crippen LogP contribution is -2.36. The predicted octanol–water partition coefficient (Wildman–Crippen LogP) is 2.53. The third kappa shape index (κ3) is 3.80. The minimum Gasteiger partial charge on any atom is -0.468 e. The van der Waals surface area contributed by atoms with E-state index < -0.39 is 15.8 Å². The molecule has 0 amide bonds. The summed E-state index contributed by atoms with van der Waals surface area (Å²) in [5.41, 5.74) is 0. The van der Waals surface area contributed by atoms with Gasteiger partial charge in [-0.25, -0.2) is 17.5 Å². The number of nitrogens with one attached hydrogen (secondary N) is 1. The lowest BCUT2D eigenvalue weighted by molar-refractivity contribution is 0.216. The van der Waals surface area contributed by atoms with Crippen LogP contribution in [0.2, 0.25) is 0 Å². The van der Waals surface area contributed by atoms with Crippen molar-refractivity contribution >= 4 is 10.0 Å². The summed E-state index contributed by atoms with van der Waals surface area (Å²) in [5, 5.41) is 0. The minimum absolute atomic E-state index is 0.0721. The first-order valence-corrected chi connectivity index (χ1v) is 9.07. The number of furan rings is 1. The van der Waals surface area contributed by atoms with E-state index in [2.05, 4.69) is 9.62 Å². The lowest BCUT2D eigenvalue weighted by Gasteiger charge is -2.25. The summed E-state index contributed by atoms with van der Waals surface area (Å²) in [6.07, 6.45) is 3.77. The Bertz CT molecular complexity index is 740. The van der Waals surface area contributed by atoms with Gasteiger partial charge in [0, 0.05) is 6.54 Å². The number of rotatable bonds is 6. The fourth-order valence-electron chi connectivity index (χ4n) is 2.85. The maximum absolute atomic E-state index is 13.2. The number of sulfonamides is 1. The Labute approximate surface area is 135 Å². The van der Waals surface area contributed by atoms with E-state index in [1.807, 2.05) is 6.07 Å². The summed E-state index contributed by atoms with van der Waals surface area (Å²) in [4.78, 5) is 2.13. The highest BCUT2D eigenvalue weighted by Gasteiger charge is 2.27. The van der Waals surface area contributed by atoms with Crippen LogP contribution in [0.4, 0.5) is 4.39 Å². The van der Waals surface area contributed by atoms with Crippen LogP contribution in [0, 0.1) is 5.82 Å². The van der Waals surface area contributed by atoms with Gasteiger partial charge in [0.1, 0.15) is 11.6 Å². The molecule has 1 aliphatic rings. The highest BCUT2D eigenvalue weighted by atomic mass is 32.2. The van der Waals surface area contributed by atoms with Gasteiger partial charge >= 0.3 is 0 Å². The van der Waals surface area contributed by atoms with E-state index in [1.165, 1.54) is 18.2 Å². The molecule has 1 saturated heterocycles. The van der Waals surface area contributed by atoms with Crippen LogP contribution in [0.25, 0.3) is 0 Å². The third-order valence-electron chi connectivity index (χ3n) is 4.03. The number of nitrogens with zero attached hydrogens (tertiary/aromatic N) is 1. The molecular formula is C16H19FN2O3S. The molecule has 2 heterocycles. The molecule has 7 heteroatoms. The van der Waals surface area contributed by atoms with Crippen LogP contribution in [0.3, 0.4) is 0 Å². The summed E-state index contributed by atoms with van der Waals surface area (Å²) in [7, 11) is -3.76. The highest BCUT2D eigenvalue weighted by molar-refractivity contribution is 7.89. The van der Waals surface area contributed by atoms with Gasteiger partial charge < -0.3 is 4.42 Å². The molecule has 3 rings (SSSR count). The number of hydrogen-bond acceptors (Lipinski definition) is 4. The van der Waals surface area contributed by atoms with Crippen molar-refractivity contribution in [3.8, 4) is 0 Å². The Hall–Kier alpha value is -1.70. The molecular weight excluding hydrogens is 319 g/mol. The SMILES string of the molecule is O=S(=O)(NC[C@H](c1ccco1)N1CCCC1)c1cccc(F)c1. The number of benzene rings is 1. The summed E-state index contributed by atoms with van der Waals surface area (Å²) in [6, 6.07) is 8.47. The largest absolute Gasteiger partial charge is 0.468 e. The summed E-state index contributed by atoms with van der Waals surface area (Å²) in [6.45, 7) is 2.01. The van der Waals surface area contributed by atoms with Gasteiger partial charge in [-0.05, 0) is 56.3 Å². The van der Waals surface area contributed by atoms with Gasteiger partial charge in [0.15, 0.2) is 0 Å². The molecule has 0 spiro atoms. The van der Waals surface area contributed by atoms with E-state index in [4.69, 9.17) is 4.42 Å². The minimum atomic E-state index is -3.76. The monoisotopic (exact) mass is 338 g/mol. The van der Waals surface area contributed by atoms with Crippen molar-refractivity contribution in [2.24, 2.45) is 0 Å². The lowest BCUT2D eigenvalue weighted by atomic mass is 10.2. The smallest absolute Gasteiger partial charge is 0.240 e. The van der Waals surface area contributed by atoms with E-state index in [0.717, 1.165) is 37.8 Å². The topological polar surface area (TPSA) is 62.6 Å². The van der Waals surface area contributed by atoms with Crippen LogP contribution < -0.4 is 4.72 Å². The maximum Gasteiger partial charge on any atom is 0.240 e. The maximum atomic E-state index is 13.2. The van der Waals surface area contributed by atoms with Crippen LogP contribution >= 0.6 is 0 Å². The molecule has 0 aliphatic carbocycles. The van der Waals surface area contributed by atoms with Gasteiger partial charge in [0.05, 0.1) is 17.2 Å². The molecule has 23 heavy (non-hydrogen) atoms. The van der Waals surface area contributed by atoms with Crippen molar-refractivity contribution in [1.82, 2.24) is 9.62 Å². The molecule has 1 atom stereocenters. The van der Waals surface area contributed by atoms with E-state index in [0.29, 0.717) is 0 Å². The molecule has 1 aromatic heterocycles. The second-order valence-corrected chi connectivity index (χ2v) is 7.35. The molecule has 0 unspecified atom stereocenters. The standard InChI is InChI=1S/C16H19FN2O3S/c17-13-5-3-6-14(11-13)23(20,21)18-12-15(16-7-4-10-22-16)19-8-1-2-9-19/h3-7,10-11,15,18H,1-2,8-9,12H2/t15-/m1/s1. The van der Waals surface area contributed by atoms with Gasteiger partial charge in [0.25, 0.3) is 0 Å². The van der Waals surface area contributed by atoms with Gasteiger partial charge in [-0.1, -0.05) is 6.07 Å². The van der Waals surface area contributed by atoms with Gasteiger partial charge in [-0.2, -0.15) is 0 Å². The highest BCUT2D eigenvalue weighted by Crippen LogP contribution is 2.25.